The van der Waals surface area contributed by atoms with Gasteiger partial charge in [-0.05, 0) is 57.0 Å². The third kappa shape index (κ3) is 6.49. The molecule has 0 saturated carbocycles. The monoisotopic (exact) mass is 351 g/mol. The Balaban J connectivity index is 1.89. The highest BCUT2D eigenvalue weighted by Crippen LogP contribution is 2.20. The van der Waals surface area contributed by atoms with Crippen molar-refractivity contribution in [1.29, 1.82) is 0 Å². The first kappa shape index (κ1) is 20.0. The summed E-state index contributed by atoms with van der Waals surface area (Å²) in [5, 5.41) is 3.61. The van der Waals surface area contributed by atoms with E-state index >= 15 is 0 Å². The smallest absolute Gasteiger partial charge is 0.217 e. The molecule has 144 valence electrons. The number of rotatable bonds is 7. The van der Waals surface area contributed by atoms with Crippen LogP contribution in [0.4, 0.5) is 0 Å². The summed E-state index contributed by atoms with van der Waals surface area (Å²) < 4.78 is 0. The number of nitrogens with one attached hydrogen (secondary N) is 1. The summed E-state index contributed by atoms with van der Waals surface area (Å²) in [5.74, 6) is 1.84. The second-order valence-electron chi connectivity index (χ2n) is 8.08. The number of aliphatic imine (C=N–C) groups is 1. The van der Waals surface area contributed by atoms with Crippen molar-refractivity contribution < 1.29 is 4.79 Å². The van der Waals surface area contributed by atoms with Crippen molar-refractivity contribution in [3.63, 3.8) is 0 Å². The van der Waals surface area contributed by atoms with Crippen LogP contribution in [0, 0.1) is 11.8 Å². The molecule has 0 spiro atoms. The van der Waals surface area contributed by atoms with E-state index < -0.39 is 0 Å². The highest BCUT2D eigenvalue weighted by Gasteiger charge is 2.26. The maximum atomic E-state index is 11.2. The Morgan fingerprint density at radius 3 is 2.56 bits per heavy atom. The third-order valence-electron chi connectivity index (χ3n) is 5.42. The summed E-state index contributed by atoms with van der Waals surface area (Å²) in [7, 11) is 1.85. The van der Waals surface area contributed by atoms with Crippen molar-refractivity contribution in [3.05, 3.63) is 0 Å². The maximum Gasteiger partial charge on any atom is 0.217 e. The molecular weight excluding hydrogens is 314 g/mol. The SMILES string of the molecule is CN=C(NCC(CC(C)C)N1CCCC1)N1CCCC(CC(N)=O)C1. The third-order valence-corrected chi connectivity index (χ3v) is 5.42. The lowest BCUT2D eigenvalue weighted by molar-refractivity contribution is -0.119. The fraction of sp³-hybridized carbons (Fsp3) is 0.895. The van der Waals surface area contributed by atoms with Gasteiger partial charge < -0.3 is 16.0 Å². The predicted octanol–water partition coefficient (Wildman–Crippen LogP) is 1.66. The van der Waals surface area contributed by atoms with Gasteiger partial charge in [0.05, 0.1) is 0 Å². The Morgan fingerprint density at radius 2 is 1.96 bits per heavy atom. The van der Waals surface area contributed by atoms with Crippen molar-refractivity contribution >= 4 is 11.9 Å². The van der Waals surface area contributed by atoms with E-state index in [0.29, 0.717) is 24.3 Å². The molecule has 0 aromatic heterocycles. The second-order valence-corrected chi connectivity index (χ2v) is 8.08. The van der Waals surface area contributed by atoms with Gasteiger partial charge in [-0.25, -0.2) is 0 Å². The predicted molar refractivity (Wildman–Crippen MR) is 104 cm³/mol. The summed E-state index contributed by atoms with van der Waals surface area (Å²) in [6, 6.07) is 0.574. The van der Waals surface area contributed by atoms with E-state index in [1.165, 1.54) is 32.4 Å². The van der Waals surface area contributed by atoms with Crippen LogP contribution in [0.25, 0.3) is 0 Å². The quantitative estimate of drug-likeness (QED) is 0.540. The first-order chi connectivity index (χ1) is 12.0. The molecule has 0 aliphatic carbocycles. The fourth-order valence-electron chi connectivity index (χ4n) is 4.26. The molecule has 2 rings (SSSR count). The van der Waals surface area contributed by atoms with Gasteiger partial charge in [0.25, 0.3) is 0 Å². The Bertz CT molecular complexity index is 445. The molecule has 2 fully saturated rings. The Morgan fingerprint density at radius 1 is 1.24 bits per heavy atom. The topological polar surface area (TPSA) is 74.0 Å². The summed E-state index contributed by atoms with van der Waals surface area (Å²) >= 11 is 0. The van der Waals surface area contributed by atoms with Gasteiger partial charge in [0.15, 0.2) is 5.96 Å². The number of primary amides is 1. The van der Waals surface area contributed by atoms with Gasteiger partial charge in [-0.3, -0.25) is 14.7 Å². The minimum atomic E-state index is -0.194. The molecular formula is C19H37N5O. The number of nitrogens with zero attached hydrogens (tertiary/aromatic N) is 3. The Labute approximate surface area is 153 Å². The number of likely N-dealkylation sites (tertiary alicyclic amines) is 2. The first-order valence-corrected chi connectivity index (χ1v) is 9.97. The molecule has 0 aromatic carbocycles. The number of hydrogen-bond donors (Lipinski definition) is 2. The molecule has 2 aliphatic rings. The zero-order valence-electron chi connectivity index (χ0n) is 16.3. The summed E-state index contributed by atoms with van der Waals surface area (Å²) in [6.45, 7) is 9.88. The molecule has 0 radical (unpaired) electrons. The van der Waals surface area contributed by atoms with E-state index in [1.807, 2.05) is 7.05 Å². The lowest BCUT2D eigenvalue weighted by Gasteiger charge is -2.36. The van der Waals surface area contributed by atoms with E-state index in [-0.39, 0.29) is 5.91 Å². The molecule has 0 aromatic rings. The van der Waals surface area contributed by atoms with Crippen molar-refractivity contribution in [1.82, 2.24) is 15.1 Å². The van der Waals surface area contributed by atoms with Gasteiger partial charge in [-0.1, -0.05) is 13.8 Å². The van der Waals surface area contributed by atoms with Crippen molar-refractivity contribution in [2.24, 2.45) is 22.6 Å². The zero-order chi connectivity index (χ0) is 18.2. The number of carbonyl (C=O) groups excluding carboxylic acids is 1. The minimum absolute atomic E-state index is 0.194. The Kier molecular flexibility index (Phi) is 8.00. The van der Waals surface area contributed by atoms with Crippen LogP contribution in [0.2, 0.25) is 0 Å². The van der Waals surface area contributed by atoms with Crippen LogP contribution in [-0.2, 0) is 4.79 Å². The standard InChI is InChI=1S/C19H37N5O/c1-15(2)11-17(23-8-4-5-9-23)13-22-19(21-3)24-10-6-7-16(14-24)12-18(20)25/h15-17H,4-14H2,1-3H3,(H2,20,25)(H,21,22). The van der Waals surface area contributed by atoms with Crippen LogP contribution in [0.1, 0.15) is 52.4 Å². The summed E-state index contributed by atoms with van der Waals surface area (Å²) in [5.41, 5.74) is 5.38. The molecule has 6 nitrogen and oxygen atoms in total. The Hall–Kier alpha value is -1.30. The maximum absolute atomic E-state index is 11.2. The summed E-state index contributed by atoms with van der Waals surface area (Å²) in [6.07, 6.45) is 6.53. The molecule has 2 saturated heterocycles. The van der Waals surface area contributed by atoms with E-state index in [9.17, 15) is 4.79 Å². The van der Waals surface area contributed by atoms with Crippen LogP contribution in [0.3, 0.4) is 0 Å². The van der Waals surface area contributed by atoms with Gasteiger partial charge in [-0.15, -0.1) is 0 Å². The molecule has 2 atom stereocenters. The average Bonchev–Trinajstić information content (AvgIpc) is 3.08. The van der Waals surface area contributed by atoms with Crippen LogP contribution in [-0.4, -0.2) is 67.5 Å². The van der Waals surface area contributed by atoms with Gasteiger partial charge >= 0.3 is 0 Å². The molecule has 2 unspecified atom stereocenters. The van der Waals surface area contributed by atoms with Crippen molar-refractivity contribution in [2.45, 2.75) is 58.4 Å². The van der Waals surface area contributed by atoms with Crippen LogP contribution in [0.5, 0.6) is 0 Å². The number of hydrogen-bond acceptors (Lipinski definition) is 3. The van der Waals surface area contributed by atoms with Crippen LogP contribution in [0.15, 0.2) is 4.99 Å². The number of nitrogens with two attached hydrogens (primary N) is 1. The van der Waals surface area contributed by atoms with Crippen LogP contribution < -0.4 is 11.1 Å². The zero-order valence-corrected chi connectivity index (χ0v) is 16.3. The average molecular weight is 352 g/mol. The first-order valence-electron chi connectivity index (χ1n) is 9.97. The van der Waals surface area contributed by atoms with E-state index in [4.69, 9.17) is 5.73 Å². The number of piperidine rings is 1. The number of carbonyl (C=O) groups is 1. The molecule has 6 heteroatoms. The molecule has 1 amide bonds. The van der Waals surface area contributed by atoms with Crippen LogP contribution >= 0.6 is 0 Å². The van der Waals surface area contributed by atoms with Crippen molar-refractivity contribution in [2.75, 3.05) is 39.8 Å². The highest BCUT2D eigenvalue weighted by atomic mass is 16.1. The van der Waals surface area contributed by atoms with E-state index in [1.54, 1.807) is 0 Å². The van der Waals surface area contributed by atoms with Gasteiger partial charge in [-0.2, -0.15) is 0 Å². The van der Waals surface area contributed by atoms with Gasteiger partial charge in [0.2, 0.25) is 5.91 Å². The molecule has 0 bridgehead atoms. The van der Waals surface area contributed by atoms with Gasteiger partial charge in [0, 0.05) is 39.1 Å². The lowest BCUT2D eigenvalue weighted by Crippen LogP contribution is -2.51. The molecule has 3 N–H and O–H groups in total. The normalized spacial score (nSPS) is 23.9. The van der Waals surface area contributed by atoms with E-state index in [2.05, 4.69) is 34.0 Å². The second kappa shape index (κ2) is 10.00. The highest BCUT2D eigenvalue weighted by molar-refractivity contribution is 5.80. The molecule has 2 aliphatic heterocycles. The van der Waals surface area contributed by atoms with E-state index in [0.717, 1.165) is 38.4 Å². The van der Waals surface area contributed by atoms with Crippen molar-refractivity contribution in [3.8, 4) is 0 Å². The van der Waals surface area contributed by atoms with Gasteiger partial charge in [0.1, 0.15) is 0 Å². The molecule has 25 heavy (non-hydrogen) atoms. The molecule has 2 heterocycles. The number of guanidine groups is 1. The minimum Gasteiger partial charge on any atom is -0.370 e. The lowest BCUT2D eigenvalue weighted by atomic mass is 9.95. The largest absolute Gasteiger partial charge is 0.370 e. The summed E-state index contributed by atoms with van der Waals surface area (Å²) in [4.78, 5) is 20.7. The number of amides is 1. The fourth-order valence-corrected chi connectivity index (χ4v) is 4.26.